The maximum atomic E-state index is 12.8. The predicted octanol–water partition coefficient (Wildman–Crippen LogP) is 4.48. The molecule has 0 unspecified atom stereocenters. The Morgan fingerprint density at radius 2 is 1.81 bits per heavy atom. The second kappa shape index (κ2) is 11.7. The lowest BCUT2D eigenvalue weighted by molar-refractivity contribution is -0.111. The van der Waals surface area contributed by atoms with E-state index in [2.05, 4.69) is 39.7 Å². The zero-order valence-corrected chi connectivity index (χ0v) is 21.0. The van der Waals surface area contributed by atoms with Crippen molar-refractivity contribution in [2.75, 3.05) is 23.7 Å². The first-order valence-electron chi connectivity index (χ1n) is 12.2. The number of hydrogen-bond acceptors (Lipinski definition) is 5. The molecule has 186 valence electrons. The Balaban J connectivity index is 1.35. The quantitative estimate of drug-likeness (QED) is 0.432. The molecular weight excluding hydrogens is 450 g/mol. The smallest absolute Gasteiger partial charge is 0.255 e. The minimum absolute atomic E-state index is 0.191. The highest BCUT2D eigenvalue weighted by Gasteiger charge is 2.20. The first kappa shape index (κ1) is 25.3. The Kier molecular flexibility index (Phi) is 8.25. The topological polar surface area (TPSA) is 86.4 Å². The Bertz CT molecular complexity index is 1210. The molecule has 7 heteroatoms. The average Bonchev–Trinajstić information content (AvgIpc) is 2.85. The highest BCUT2D eigenvalue weighted by molar-refractivity contribution is 6.05. The molecule has 0 aliphatic carbocycles. The Morgan fingerprint density at radius 3 is 2.50 bits per heavy atom. The number of benzene rings is 2. The normalized spacial score (nSPS) is 18.2. The third kappa shape index (κ3) is 7.10. The lowest BCUT2D eigenvalue weighted by Crippen LogP contribution is -2.53. The van der Waals surface area contributed by atoms with Gasteiger partial charge in [0.2, 0.25) is 5.91 Å². The molecule has 1 aliphatic heterocycles. The molecule has 0 spiro atoms. The van der Waals surface area contributed by atoms with Crippen LogP contribution in [0.25, 0.3) is 6.08 Å². The molecule has 36 heavy (non-hydrogen) atoms. The van der Waals surface area contributed by atoms with Crippen LogP contribution >= 0.6 is 0 Å². The number of rotatable bonds is 7. The summed E-state index contributed by atoms with van der Waals surface area (Å²) in [5, 5.41) is 9.36. The van der Waals surface area contributed by atoms with E-state index in [1.807, 2.05) is 55.5 Å². The molecule has 2 aromatic carbocycles. The summed E-state index contributed by atoms with van der Waals surface area (Å²) in [5.41, 5.74) is 4.78. The van der Waals surface area contributed by atoms with Crippen molar-refractivity contribution in [3.63, 3.8) is 0 Å². The Morgan fingerprint density at radius 1 is 1.06 bits per heavy atom. The highest BCUT2D eigenvalue weighted by Crippen LogP contribution is 2.21. The molecule has 1 aromatic heterocycles. The molecule has 2 amide bonds. The summed E-state index contributed by atoms with van der Waals surface area (Å²) in [6, 6.07) is 17.9. The van der Waals surface area contributed by atoms with Crippen LogP contribution in [-0.4, -0.2) is 46.9 Å². The van der Waals surface area contributed by atoms with E-state index in [4.69, 9.17) is 0 Å². The van der Waals surface area contributed by atoms with Gasteiger partial charge in [-0.25, -0.2) is 0 Å². The molecule has 0 radical (unpaired) electrons. The molecule has 2 atom stereocenters. The highest BCUT2D eigenvalue weighted by atomic mass is 16.2. The number of hydrogen-bond donors (Lipinski definition) is 3. The fourth-order valence-electron chi connectivity index (χ4n) is 4.45. The van der Waals surface area contributed by atoms with Gasteiger partial charge in [-0.3, -0.25) is 19.5 Å². The number of pyridine rings is 1. The number of carbonyl (C=O) groups excluding carboxylic acids is 2. The van der Waals surface area contributed by atoms with E-state index in [-0.39, 0.29) is 11.8 Å². The van der Waals surface area contributed by atoms with Gasteiger partial charge in [0, 0.05) is 67.1 Å². The van der Waals surface area contributed by atoms with E-state index in [0.717, 1.165) is 30.8 Å². The van der Waals surface area contributed by atoms with Gasteiger partial charge >= 0.3 is 0 Å². The van der Waals surface area contributed by atoms with E-state index in [1.165, 1.54) is 11.6 Å². The molecule has 4 rings (SSSR count). The monoisotopic (exact) mass is 483 g/mol. The van der Waals surface area contributed by atoms with Crippen molar-refractivity contribution in [1.82, 2.24) is 15.2 Å². The van der Waals surface area contributed by atoms with Gasteiger partial charge in [0.25, 0.3) is 5.91 Å². The summed E-state index contributed by atoms with van der Waals surface area (Å²) >= 11 is 0. The first-order chi connectivity index (χ1) is 17.4. The van der Waals surface area contributed by atoms with Gasteiger partial charge < -0.3 is 16.0 Å². The van der Waals surface area contributed by atoms with E-state index in [1.54, 1.807) is 24.5 Å². The van der Waals surface area contributed by atoms with Gasteiger partial charge in [-0.1, -0.05) is 24.3 Å². The molecule has 1 aliphatic rings. The van der Waals surface area contributed by atoms with Crippen molar-refractivity contribution < 1.29 is 9.59 Å². The summed E-state index contributed by atoms with van der Waals surface area (Å²) in [7, 11) is 0. The summed E-state index contributed by atoms with van der Waals surface area (Å²) < 4.78 is 0. The average molecular weight is 484 g/mol. The van der Waals surface area contributed by atoms with Crippen LogP contribution in [0, 0.1) is 6.92 Å². The SMILES string of the molecule is Cc1ccc(NC(=O)c2ccc(CN3C[C@@H](C)N[C@@H](C)C3)cc2)cc1NC(=O)/C=C/c1cccnc1. The molecule has 0 saturated carbocycles. The lowest BCUT2D eigenvalue weighted by Gasteiger charge is -2.36. The van der Waals surface area contributed by atoms with Crippen LogP contribution in [0.15, 0.2) is 73.1 Å². The molecule has 7 nitrogen and oxygen atoms in total. The van der Waals surface area contributed by atoms with Crippen LogP contribution < -0.4 is 16.0 Å². The summed E-state index contributed by atoms with van der Waals surface area (Å²) in [4.78, 5) is 31.7. The zero-order valence-electron chi connectivity index (χ0n) is 21.0. The maximum Gasteiger partial charge on any atom is 0.255 e. The van der Waals surface area contributed by atoms with Gasteiger partial charge in [0.15, 0.2) is 0 Å². The van der Waals surface area contributed by atoms with Crippen LogP contribution in [0.5, 0.6) is 0 Å². The van der Waals surface area contributed by atoms with Crippen LogP contribution in [0.1, 0.15) is 40.9 Å². The van der Waals surface area contributed by atoms with E-state index < -0.39 is 0 Å². The summed E-state index contributed by atoms with van der Waals surface area (Å²) in [5.74, 6) is -0.446. The maximum absolute atomic E-state index is 12.8. The molecule has 2 heterocycles. The molecular formula is C29H33N5O2. The van der Waals surface area contributed by atoms with Crippen molar-refractivity contribution >= 4 is 29.3 Å². The number of anilines is 2. The Hall–Kier alpha value is -3.81. The summed E-state index contributed by atoms with van der Waals surface area (Å²) in [6.07, 6.45) is 6.54. The van der Waals surface area contributed by atoms with Crippen molar-refractivity contribution in [2.24, 2.45) is 0 Å². The van der Waals surface area contributed by atoms with Crippen LogP contribution in [0.2, 0.25) is 0 Å². The number of nitrogens with one attached hydrogen (secondary N) is 3. The number of nitrogens with zero attached hydrogens (tertiary/aromatic N) is 2. The molecule has 1 fully saturated rings. The lowest BCUT2D eigenvalue weighted by atomic mass is 10.1. The third-order valence-electron chi connectivity index (χ3n) is 6.12. The fourth-order valence-corrected chi connectivity index (χ4v) is 4.45. The van der Waals surface area contributed by atoms with Crippen LogP contribution in [0.4, 0.5) is 11.4 Å². The van der Waals surface area contributed by atoms with Gasteiger partial charge in [-0.05, 0) is 73.9 Å². The van der Waals surface area contributed by atoms with Crippen LogP contribution in [0.3, 0.4) is 0 Å². The molecule has 3 aromatic rings. The van der Waals surface area contributed by atoms with Gasteiger partial charge in [0.1, 0.15) is 0 Å². The fraction of sp³-hybridized carbons (Fsp3) is 0.276. The zero-order chi connectivity index (χ0) is 25.5. The second-order valence-electron chi connectivity index (χ2n) is 9.45. The van der Waals surface area contributed by atoms with E-state index in [0.29, 0.717) is 29.0 Å². The van der Waals surface area contributed by atoms with E-state index >= 15 is 0 Å². The molecule has 1 saturated heterocycles. The van der Waals surface area contributed by atoms with Crippen LogP contribution in [-0.2, 0) is 11.3 Å². The molecule has 0 bridgehead atoms. The Labute approximate surface area is 212 Å². The first-order valence-corrected chi connectivity index (χ1v) is 12.2. The number of piperazine rings is 1. The van der Waals surface area contributed by atoms with Crippen molar-refractivity contribution in [3.8, 4) is 0 Å². The minimum Gasteiger partial charge on any atom is -0.322 e. The predicted molar refractivity (Wildman–Crippen MR) is 145 cm³/mol. The van der Waals surface area contributed by atoms with Crippen molar-refractivity contribution in [1.29, 1.82) is 0 Å². The number of amides is 2. The number of carbonyl (C=O) groups is 2. The second-order valence-corrected chi connectivity index (χ2v) is 9.45. The minimum atomic E-state index is -0.255. The largest absolute Gasteiger partial charge is 0.322 e. The molecule has 3 N–H and O–H groups in total. The van der Waals surface area contributed by atoms with Crippen molar-refractivity contribution in [2.45, 2.75) is 39.4 Å². The summed E-state index contributed by atoms with van der Waals surface area (Å²) in [6.45, 7) is 9.21. The number of aryl methyl sites for hydroxylation is 1. The van der Waals surface area contributed by atoms with Gasteiger partial charge in [-0.15, -0.1) is 0 Å². The standard InChI is InChI=1S/C29H33N5O2/c1-20-6-12-26(15-27(20)33-28(35)13-9-23-5-4-14-30-16-23)32-29(36)25-10-7-24(8-11-25)19-34-17-21(2)31-22(3)18-34/h4-16,21-22,31H,17-19H2,1-3H3,(H,32,36)(H,33,35)/b13-9+/t21-,22+. The van der Waals surface area contributed by atoms with Crippen molar-refractivity contribution in [3.05, 3.63) is 95.3 Å². The number of aromatic nitrogens is 1. The van der Waals surface area contributed by atoms with Gasteiger partial charge in [-0.2, -0.15) is 0 Å². The third-order valence-corrected chi connectivity index (χ3v) is 6.12. The van der Waals surface area contributed by atoms with Gasteiger partial charge in [0.05, 0.1) is 0 Å². The van der Waals surface area contributed by atoms with E-state index in [9.17, 15) is 9.59 Å².